The highest BCUT2D eigenvalue weighted by Crippen LogP contribution is 2.32. The van der Waals surface area contributed by atoms with Crippen LogP contribution in [0, 0.1) is 0 Å². The lowest BCUT2D eigenvalue weighted by Crippen LogP contribution is -2.56. The number of hydrogen-bond donors (Lipinski definition) is 2. The van der Waals surface area contributed by atoms with Crippen molar-refractivity contribution in [3.05, 3.63) is 11.6 Å². The molecule has 1 amide bonds. The van der Waals surface area contributed by atoms with Gasteiger partial charge in [0.1, 0.15) is 0 Å². The van der Waals surface area contributed by atoms with Gasteiger partial charge in [0.15, 0.2) is 0 Å². The van der Waals surface area contributed by atoms with Crippen LogP contribution in [0.15, 0.2) is 11.6 Å². The summed E-state index contributed by atoms with van der Waals surface area (Å²) in [5.74, 6) is 0.111. The fourth-order valence-corrected chi connectivity index (χ4v) is 3.98. The topological polar surface area (TPSA) is 41.1 Å². The molecule has 20 heavy (non-hydrogen) atoms. The molecule has 0 radical (unpaired) electrons. The smallest absolute Gasteiger partial charge is 0.244 e. The summed E-state index contributed by atoms with van der Waals surface area (Å²) in [6.07, 6.45) is 9.89. The van der Waals surface area contributed by atoms with Gasteiger partial charge >= 0.3 is 0 Å². The largest absolute Gasteiger partial charge is 0.350 e. The molecule has 1 saturated heterocycles. The van der Waals surface area contributed by atoms with E-state index in [1.54, 1.807) is 0 Å². The number of rotatable bonds is 2. The SMILES string of the molecule is CC1(C)CC(=CC(=O)NC2CCCCC2)CC(C)(C)N1. The maximum Gasteiger partial charge on any atom is 0.244 e. The average molecular weight is 278 g/mol. The van der Waals surface area contributed by atoms with Crippen molar-refractivity contribution < 1.29 is 4.79 Å². The van der Waals surface area contributed by atoms with Crippen LogP contribution in [0.5, 0.6) is 0 Å². The van der Waals surface area contributed by atoms with E-state index in [-0.39, 0.29) is 17.0 Å². The zero-order valence-corrected chi connectivity index (χ0v) is 13.5. The fraction of sp³-hybridized carbons (Fsp3) is 0.824. The molecule has 2 aliphatic rings. The van der Waals surface area contributed by atoms with Crippen molar-refractivity contribution in [1.82, 2.24) is 10.6 Å². The van der Waals surface area contributed by atoms with Crippen LogP contribution in [-0.2, 0) is 4.79 Å². The Morgan fingerprint density at radius 1 is 1.10 bits per heavy atom. The highest BCUT2D eigenvalue weighted by Gasteiger charge is 2.34. The zero-order valence-electron chi connectivity index (χ0n) is 13.5. The Bertz CT molecular complexity index is 372. The Kier molecular flexibility index (Phi) is 4.58. The quantitative estimate of drug-likeness (QED) is 0.761. The molecular formula is C17H30N2O. The molecule has 1 aliphatic heterocycles. The molecule has 0 aromatic rings. The Balaban J connectivity index is 1.96. The first-order chi connectivity index (χ1) is 9.26. The summed E-state index contributed by atoms with van der Waals surface area (Å²) in [6.45, 7) is 8.84. The zero-order chi connectivity index (χ0) is 14.8. The second-order valence-corrected chi connectivity index (χ2v) is 7.89. The van der Waals surface area contributed by atoms with Gasteiger partial charge in [-0.1, -0.05) is 24.8 Å². The first-order valence-electron chi connectivity index (χ1n) is 8.05. The Morgan fingerprint density at radius 2 is 1.65 bits per heavy atom. The van der Waals surface area contributed by atoms with Gasteiger partial charge in [-0.2, -0.15) is 0 Å². The summed E-state index contributed by atoms with van der Waals surface area (Å²) in [5, 5.41) is 6.83. The second kappa shape index (κ2) is 5.88. The Morgan fingerprint density at radius 3 is 2.20 bits per heavy atom. The second-order valence-electron chi connectivity index (χ2n) is 7.89. The summed E-state index contributed by atoms with van der Waals surface area (Å²) >= 11 is 0. The van der Waals surface area contributed by atoms with Crippen LogP contribution in [0.1, 0.15) is 72.6 Å². The van der Waals surface area contributed by atoms with E-state index in [4.69, 9.17) is 0 Å². The van der Waals surface area contributed by atoms with Crippen molar-refractivity contribution in [3.63, 3.8) is 0 Å². The predicted octanol–water partition coefficient (Wildman–Crippen LogP) is 3.30. The van der Waals surface area contributed by atoms with E-state index in [0.717, 1.165) is 25.7 Å². The minimum atomic E-state index is 0.0682. The third-order valence-electron chi connectivity index (χ3n) is 4.30. The van der Waals surface area contributed by atoms with Crippen molar-refractivity contribution >= 4 is 5.91 Å². The van der Waals surface area contributed by atoms with Gasteiger partial charge in [0.2, 0.25) is 5.91 Å². The number of hydrogen-bond acceptors (Lipinski definition) is 2. The third kappa shape index (κ3) is 4.62. The molecular weight excluding hydrogens is 248 g/mol. The van der Waals surface area contributed by atoms with Crippen molar-refractivity contribution in [3.8, 4) is 0 Å². The minimum Gasteiger partial charge on any atom is -0.350 e. The van der Waals surface area contributed by atoms with Gasteiger partial charge in [0.25, 0.3) is 0 Å². The molecule has 3 heteroatoms. The van der Waals surface area contributed by atoms with Crippen molar-refractivity contribution in [2.24, 2.45) is 0 Å². The summed E-state index contributed by atoms with van der Waals surface area (Å²) in [6, 6.07) is 0.399. The van der Waals surface area contributed by atoms with Crippen LogP contribution in [0.4, 0.5) is 0 Å². The van der Waals surface area contributed by atoms with Crippen molar-refractivity contribution in [2.45, 2.75) is 89.8 Å². The van der Waals surface area contributed by atoms with Crippen LogP contribution < -0.4 is 10.6 Å². The lowest BCUT2D eigenvalue weighted by atomic mass is 9.79. The molecule has 0 unspecified atom stereocenters. The van der Waals surface area contributed by atoms with Gasteiger partial charge in [0.05, 0.1) is 0 Å². The third-order valence-corrected chi connectivity index (χ3v) is 4.30. The first-order valence-corrected chi connectivity index (χ1v) is 8.05. The molecule has 0 aromatic heterocycles. The lowest BCUT2D eigenvalue weighted by molar-refractivity contribution is -0.117. The molecule has 3 nitrogen and oxygen atoms in total. The molecule has 2 rings (SSSR count). The van der Waals surface area contributed by atoms with E-state index in [1.165, 1.54) is 24.8 Å². The molecule has 0 spiro atoms. The Labute approximate surface area is 123 Å². The van der Waals surface area contributed by atoms with Crippen LogP contribution in [-0.4, -0.2) is 23.0 Å². The molecule has 2 fully saturated rings. The van der Waals surface area contributed by atoms with Gasteiger partial charge in [-0.05, 0) is 53.4 Å². The van der Waals surface area contributed by atoms with Gasteiger partial charge in [-0.15, -0.1) is 0 Å². The van der Waals surface area contributed by atoms with E-state index >= 15 is 0 Å². The van der Waals surface area contributed by atoms with E-state index in [9.17, 15) is 4.79 Å². The number of amides is 1. The normalized spacial score (nSPS) is 26.1. The van der Waals surface area contributed by atoms with Gasteiger partial charge < -0.3 is 10.6 Å². The van der Waals surface area contributed by atoms with Crippen LogP contribution >= 0.6 is 0 Å². The molecule has 0 bridgehead atoms. The number of carbonyl (C=O) groups is 1. The maximum absolute atomic E-state index is 12.2. The molecule has 2 N–H and O–H groups in total. The number of piperidine rings is 1. The van der Waals surface area contributed by atoms with Crippen LogP contribution in [0.3, 0.4) is 0 Å². The monoisotopic (exact) mass is 278 g/mol. The van der Waals surface area contributed by atoms with Gasteiger partial charge in [-0.3, -0.25) is 4.79 Å². The highest BCUT2D eigenvalue weighted by molar-refractivity contribution is 5.88. The Hall–Kier alpha value is -0.830. The molecule has 1 aliphatic carbocycles. The molecule has 1 heterocycles. The minimum absolute atomic E-state index is 0.0682. The van der Waals surface area contributed by atoms with E-state index < -0.39 is 0 Å². The lowest BCUT2D eigenvalue weighted by Gasteiger charge is -2.44. The maximum atomic E-state index is 12.2. The number of nitrogens with one attached hydrogen (secondary N) is 2. The first kappa shape index (κ1) is 15.6. The molecule has 1 saturated carbocycles. The van der Waals surface area contributed by atoms with Crippen LogP contribution in [0.2, 0.25) is 0 Å². The van der Waals surface area contributed by atoms with Crippen molar-refractivity contribution in [2.75, 3.05) is 0 Å². The molecule has 114 valence electrons. The van der Waals surface area contributed by atoms with E-state index in [2.05, 4.69) is 38.3 Å². The van der Waals surface area contributed by atoms with E-state index in [1.807, 2.05) is 6.08 Å². The summed E-state index contributed by atoms with van der Waals surface area (Å²) in [7, 11) is 0. The van der Waals surface area contributed by atoms with Crippen LogP contribution in [0.25, 0.3) is 0 Å². The summed E-state index contributed by atoms with van der Waals surface area (Å²) in [4.78, 5) is 12.2. The fourth-order valence-electron chi connectivity index (χ4n) is 3.98. The average Bonchev–Trinajstić information content (AvgIpc) is 2.25. The van der Waals surface area contributed by atoms with Crippen molar-refractivity contribution in [1.29, 1.82) is 0 Å². The molecule has 0 aromatic carbocycles. The summed E-state index contributed by atoms with van der Waals surface area (Å²) < 4.78 is 0. The van der Waals surface area contributed by atoms with E-state index in [0.29, 0.717) is 6.04 Å². The summed E-state index contributed by atoms with van der Waals surface area (Å²) in [5.41, 5.74) is 1.41. The molecule has 0 atom stereocenters. The van der Waals surface area contributed by atoms with Gasteiger partial charge in [-0.25, -0.2) is 0 Å². The predicted molar refractivity (Wildman–Crippen MR) is 83.6 cm³/mol. The highest BCUT2D eigenvalue weighted by atomic mass is 16.1. The van der Waals surface area contributed by atoms with Gasteiger partial charge in [0, 0.05) is 23.2 Å². The standard InChI is InChI=1S/C17H30N2O/c1-16(2)11-13(12-17(3,4)19-16)10-15(20)18-14-8-6-5-7-9-14/h10,14,19H,5-9,11-12H2,1-4H3,(H,18,20). The number of carbonyl (C=O) groups excluding carboxylic acids is 1.